The van der Waals surface area contributed by atoms with Gasteiger partial charge in [-0.25, -0.2) is 0 Å². The standard InChI is InChI=1S/C12H20F3N3O/c13-12(14,15)9-2-1-5-18(6-9)7-11(17,10(16)19)8-3-4-8/h8-9H,1-7,17H2,(H2,16,19). The molecule has 0 aromatic carbocycles. The number of alkyl halides is 3. The Bertz CT molecular complexity index is 357. The molecule has 0 radical (unpaired) electrons. The lowest BCUT2D eigenvalue weighted by atomic mass is 9.90. The molecule has 4 nitrogen and oxygen atoms in total. The van der Waals surface area contributed by atoms with E-state index in [-0.39, 0.29) is 25.4 Å². The maximum absolute atomic E-state index is 12.7. The van der Waals surface area contributed by atoms with E-state index in [4.69, 9.17) is 11.5 Å². The predicted molar refractivity (Wildman–Crippen MR) is 64.1 cm³/mol. The Kier molecular flexibility index (Phi) is 3.79. The summed E-state index contributed by atoms with van der Waals surface area (Å²) in [4.78, 5) is 13.1. The average Bonchev–Trinajstić information content (AvgIpc) is 3.11. The lowest BCUT2D eigenvalue weighted by Crippen LogP contribution is -2.62. The molecule has 0 spiro atoms. The van der Waals surface area contributed by atoms with E-state index in [1.165, 1.54) is 0 Å². The first kappa shape index (κ1) is 14.6. The van der Waals surface area contributed by atoms with E-state index >= 15 is 0 Å². The number of nitrogens with two attached hydrogens (primary N) is 2. The molecule has 2 atom stereocenters. The van der Waals surface area contributed by atoms with Crippen LogP contribution in [0.3, 0.4) is 0 Å². The minimum atomic E-state index is -4.18. The van der Waals surface area contributed by atoms with E-state index in [1.807, 2.05) is 0 Å². The van der Waals surface area contributed by atoms with Gasteiger partial charge in [-0.05, 0) is 38.1 Å². The Balaban J connectivity index is 2.00. The molecule has 7 heteroatoms. The van der Waals surface area contributed by atoms with Crippen LogP contribution < -0.4 is 11.5 Å². The molecule has 1 heterocycles. The normalized spacial score (nSPS) is 28.9. The predicted octanol–water partition coefficient (Wildman–Crippen LogP) is 0.853. The molecule has 2 aliphatic rings. The monoisotopic (exact) mass is 279 g/mol. The van der Waals surface area contributed by atoms with E-state index in [1.54, 1.807) is 4.90 Å². The maximum atomic E-state index is 12.7. The Hall–Kier alpha value is -0.820. The number of nitrogens with zero attached hydrogens (tertiary/aromatic N) is 1. The van der Waals surface area contributed by atoms with Crippen molar-refractivity contribution >= 4 is 5.91 Å². The van der Waals surface area contributed by atoms with Crippen molar-refractivity contribution in [2.45, 2.75) is 37.4 Å². The van der Waals surface area contributed by atoms with Crippen molar-refractivity contribution in [1.29, 1.82) is 0 Å². The van der Waals surface area contributed by atoms with Crippen LogP contribution in [0.2, 0.25) is 0 Å². The van der Waals surface area contributed by atoms with Gasteiger partial charge in [0.1, 0.15) is 5.54 Å². The number of amides is 1. The molecular weight excluding hydrogens is 259 g/mol. The van der Waals surface area contributed by atoms with Crippen molar-refractivity contribution < 1.29 is 18.0 Å². The first-order valence-electron chi connectivity index (χ1n) is 6.61. The number of hydrogen-bond acceptors (Lipinski definition) is 3. The van der Waals surface area contributed by atoms with Crippen molar-refractivity contribution in [3.05, 3.63) is 0 Å². The third-order valence-corrected chi connectivity index (χ3v) is 4.22. The minimum absolute atomic E-state index is 0.0243. The molecule has 2 rings (SSSR count). The summed E-state index contributed by atoms with van der Waals surface area (Å²) in [6, 6.07) is 0. The van der Waals surface area contributed by atoms with Gasteiger partial charge in [-0.1, -0.05) is 0 Å². The van der Waals surface area contributed by atoms with Crippen molar-refractivity contribution in [1.82, 2.24) is 4.90 Å². The van der Waals surface area contributed by atoms with Crippen LogP contribution >= 0.6 is 0 Å². The zero-order valence-electron chi connectivity index (χ0n) is 10.7. The van der Waals surface area contributed by atoms with Gasteiger partial charge in [0.15, 0.2) is 0 Å². The molecule has 2 fully saturated rings. The van der Waals surface area contributed by atoms with Crippen LogP contribution in [-0.4, -0.2) is 42.2 Å². The Labute approximate surface area is 110 Å². The van der Waals surface area contributed by atoms with Gasteiger partial charge in [0.25, 0.3) is 0 Å². The molecule has 4 N–H and O–H groups in total. The lowest BCUT2D eigenvalue weighted by Gasteiger charge is -2.38. The quantitative estimate of drug-likeness (QED) is 0.801. The summed E-state index contributed by atoms with van der Waals surface area (Å²) in [5.41, 5.74) is 10.2. The molecule has 1 saturated carbocycles. The molecule has 0 bridgehead atoms. The SMILES string of the molecule is NC(=O)C(N)(CN1CCCC(C(F)(F)F)C1)C1CC1. The molecular formula is C12H20F3N3O. The van der Waals surface area contributed by atoms with E-state index < -0.39 is 23.5 Å². The van der Waals surface area contributed by atoms with Gasteiger partial charge in [-0.15, -0.1) is 0 Å². The van der Waals surface area contributed by atoms with Crippen LogP contribution in [0.25, 0.3) is 0 Å². The number of carbonyl (C=O) groups is 1. The van der Waals surface area contributed by atoms with Crippen molar-refractivity contribution in [3.8, 4) is 0 Å². The number of piperidine rings is 1. The lowest BCUT2D eigenvalue weighted by molar-refractivity contribution is -0.187. The average molecular weight is 279 g/mol. The van der Waals surface area contributed by atoms with E-state index in [2.05, 4.69) is 0 Å². The topological polar surface area (TPSA) is 72.3 Å². The molecule has 1 aliphatic heterocycles. The summed E-state index contributed by atoms with van der Waals surface area (Å²) in [5.74, 6) is -1.90. The molecule has 1 aliphatic carbocycles. The second-order valence-electron chi connectivity index (χ2n) is 5.79. The second-order valence-corrected chi connectivity index (χ2v) is 5.79. The summed E-state index contributed by atoms with van der Waals surface area (Å²) in [6.07, 6.45) is -1.89. The summed E-state index contributed by atoms with van der Waals surface area (Å²) < 4.78 is 38.2. The van der Waals surface area contributed by atoms with Gasteiger partial charge in [-0.2, -0.15) is 13.2 Å². The van der Waals surface area contributed by atoms with Crippen LogP contribution in [0, 0.1) is 11.8 Å². The highest BCUT2D eigenvalue weighted by Gasteiger charge is 2.49. The smallest absolute Gasteiger partial charge is 0.368 e. The van der Waals surface area contributed by atoms with Crippen molar-refractivity contribution in [3.63, 3.8) is 0 Å². The largest absolute Gasteiger partial charge is 0.393 e. The number of carbonyl (C=O) groups excluding carboxylic acids is 1. The maximum Gasteiger partial charge on any atom is 0.393 e. The van der Waals surface area contributed by atoms with E-state index in [0.717, 1.165) is 12.8 Å². The van der Waals surface area contributed by atoms with Gasteiger partial charge in [0.2, 0.25) is 5.91 Å². The molecule has 19 heavy (non-hydrogen) atoms. The summed E-state index contributed by atoms with van der Waals surface area (Å²) in [5, 5.41) is 0. The molecule has 110 valence electrons. The van der Waals surface area contributed by atoms with Crippen LogP contribution in [0.4, 0.5) is 13.2 Å². The molecule has 2 unspecified atom stereocenters. The van der Waals surface area contributed by atoms with Crippen molar-refractivity contribution in [2.75, 3.05) is 19.6 Å². The summed E-state index contributed by atoms with van der Waals surface area (Å²) in [6.45, 7) is 0.605. The van der Waals surface area contributed by atoms with Crippen molar-refractivity contribution in [2.24, 2.45) is 23.3 Å². The molecule has 1 saturated heterocycles. The van der Waals surface area contributed by atoms with E-state index in [0.29, 0.717) is 13.0 Å². The fourth-order valence-corrected chi connectivity index (χ4v) is 2.84. The summed E-state index contributed by atoms with van der Waals surface area (Å²) >= 11 is 0. The number of halogens is 3. The van der Waals surface area contributed by atoms with Crippen LogP contribution in [0.5, 0.6) is 0 Å². The fraction of sp³-hybridized carbons (Fsp3) is 0.917. The Morgan fingerprint density at radius 2 is 1.84 bits per heavy atom. The second kappa shape index (κ2) is 4.94. The highest BCUT2D eigenvalue weighted by molar-refractivity contribution is 5.85. The van der Waals surface area contributed by atoms with Gasteiger partial charge < -0.3 is 16.4 Å². The molecule has 0 aromatic rings. The highest BCUT2D eigenvalue weighted by atomic mass is 19.4. The van der Waals surface area contributed by atoms with Gasteiger partial charge in [0, 0.05) is 13.1 Å². The van der Waals surface area contributed by atoms with Gasteiger partial charge >= 0.3 is 6.18 Å². The van der Waals surface area contributed by atoms with Gasteiger partial charge in [0.05, 0.1) is 5.92 Å². The van der Waals surface area contributed by atoms with Gasteiger partial charge in [-0.3, -0.25) is 4.79 Å². The first-order valence-corrected chi connectivity index (χ1v) is 6.61. The molecule has 1 amide bonds. The van der Waals surface area contributed by atoms with Crippen LogP contribution in [-0.2, 0) is 4.79 Å². The Morgan fingerprint density at radius 3 is 2.32 bits per heavy atom. The van der Waals surface area contributed by atoms with Crippen LogP contribution in [0.1, 0.15) is 25.7 Å². The molecule has 0 aromatic heterocycles. The number of primary amides is 1. The number of likely N-dealkylation sites (tertiary alicyclic amines) is 1. The third kappa shape index (κ3) is 3.20. The zero-order chi connectivity index (χ0) is 14.3. The minimum Gasteiger partial charge on any atom is -0.368 e. The van der Waals surface area contributed by atoms with E-state index in [9.17, 15) is 18.0 Å². The highest BCUT2D eigenvalue weighted by Crippen LogP contribution is 2.40. The third-order valence-electron chi connectivity index (χ3n) is 4.22. The fourth-order valence-electron chi connectivity index (χ4n) is 2.84. The number of rotatable bonds is 4. The van der Waals surface area contributed by atoms with Crippen LogP contribution in [0.15, 0.2) is 0 Å². The zero-order valence-corrected chi connectivity index (χ0v) is 10.7. The number of hydrogen-bond donors (Lipinski definition) is 2. The summed E-state index contributed by atoms with van der Waals surface area (Å²) in [7, 11) is 0. The first-order chi connectivity index (χ1) is 8.73. The Morgan fingerprint density at radius 1 is 1.21 bits per heavy atom.